The minimum Gasteiger partial charge on any atom is -1.00 e. The molecule has 180 valence electrons. The van der Waals surface area contributed by atoms with Crippen LogP contribution in [0.25, 0.3) is 0 Å². The van der Waals surface area contributed by atoms with Crippen LogP contribution in [-0.4, -0.2) is 94.4 Å². The summed E-state index contributed by atoms with van der Waals surface area (Å²) in [5.41, 5.74) is 0. The van der Waals surface area contributed by atoms with E-state index >= 15 is 0 Å². The van der Waals surface area contributed by atoms with Crippen LogP contribution >= 0.6 is 0 Å². The molecule has 0 saturated heterocycles. The summed E-state index contributed by atoms with van der Waals surface area (Å²) in [7, 11) is 0. The normalized spacial score (nSPS) is 9.75. The van der Waals surface area contributed by atoms with Gasteiger partial charge in [-0.25, -0.2) is 0 Å². The molecule has 0 heterocycles. The van der Waals surface area contributed by atoms with Crippen LogP contribution in [0.5, 0.6) is 0 Å². The topological polar surface area (TPSA) is 66.4 Å². The van der Waals surface area contributed by atoms with E-state index in [1.165, 1.54) is 0 Å². The van der Waals surface area contributed by atoms with Gasteiger partial charge in [0.1, 0.15) is 0 Å². The summed E-state index contributed by atoms with van der Waals surface area (Å²) in [6.07, 6.45) is 0. The van der Waals surface area contributed by atoms with Gasteiger partial charge < -0.3 is 24.1 Å². The van der Waals surface area contributed by atoms with Crippen molar-refractivity contribution in [3.63, 3.8) is 0 Å². The van der Waals surface area contributed by atoms with Crippen LogP contribution in [-0.2, 0) is 0 Å². The maximum absolute atomic E-state index is 2.33. The molecule has 8 heteroatoms. The van der Waals surface area contributed by atoms with Gasteiger partial charge in [-0.05, 0) is 111 Å². The first-order valence-corrected chi connectivity index (χ1v) is 11.9. The van der Waals surface area contributed by atoms with E-state index in [0.717, 1.165) is 48.3 Å². The summed E-state index contributed by atoms with van der Waals surface area (Å²) in [4.78, 5) is 0. The summed E-state index contributed by atoms with van der Waals surface area (Å²) < 4.78 is 0. The third-order valence-electron chi connectivity index (χ3n) is 3.08. The van der Waals surface area contributed by atoms with E-state index in [1.54, 1.807) is 0 Å². The Hall–Kier alpha value is 3.37. The zero-order chi connectivity index (χ0) is 23.4. The van der Waals surface area contributed by atoms with Crippen LogP contribution in [0.4, 0.5) is 0 Å². The Labute approximate surface area is 285 Å². The van der Waals surface area contributed by atoms with Crippen molar-refractivity contribution in [1.29, 1.82) is 0 Å². The number of hydrogen-bond acceptors (Lipinski definition) is 0. The number of hydrogen-bond donors (Lipinski definition) is 4. The second kappa shape index (κ2) is 38.9. The van der Waals surface area contributed by atoms with Crippen molar-refractivity contribution in [3.8, 4) is 0 Å². The smallest absolute Gasteiger partial charge is 1.00 e. The van der Waals surface area contributed by atoms with Crippen LogP contribution in [0.15, 0.2) is 0 Å². The molecule has 32 heavy (non-hydrogen) atoms. The summed E-state index contributed by atoms with van der Waals surface area (Å²) in [5, 5.41) is 9.33. The number of quaternary nitrogens is 4. The first kappa shape index (κ1) is 55.8. The van der Waals surface area contributed by atoms with Crippen molar-refractivity contribution in [2.45, 2.75) is 159 Å². The second-order valence-electron chi connectivity index (χ2n) is 10.7. The molecular weight excluding hydrogens is 439 g/mol. The third kappa shape index (κ3) is 93.2. The van der Waals surface area contributed by atoms with Crippen LogP contribution in [0.2, 0.25) is 0 Å². The monoisotopic (exact) mass is 504 g/mol. The van der Waals surface area contributed by atoms with E-state index in [1.807, 2.05) is 0 Å². The molecule has 0 fully saturated rings. The van der Waals surface area contributed by atoms with Gasteiger partial charge in [0, 0.05) is 0 Å². The molecule has 0 radical (unpaired) electrons. The van der Waals surface area contributed by atoms with E-state index < -0.39 is 0 Å². The first-order valence-electron chi connectivity index (χ1n) is 11.9. The van der Waals surface area contributed by atoms with Gasteiger partial charge in [-0.2, -0.15) is 0 Å². The quantitative estimate of drug-likeness (QED) is 0.239. The van der Waals surface area contributed by atoms with Crippen LogP contribution < -0.4 is 80.4 Å². The van der Waals surface area contributed by atoms with Crippen LogP contribution in [0.1, 0.15) is 114 Å². The van der Waals surface area contributed by atoms with Gasteiger partial charge in [-0.1, -0.05) is 0 Å². The fourth-order valence-corrected chi connectivity index (χ4v) is 3.08. The number of rotatable bonds is 8. The molecule has 0 aliphatic carbocycles. The predicted molar refractivity (Wildman–Crippen MR) is 143 cm³/mol. The Balaban J connectivity index is -0.0000000267. The second-order valence-corrected chi connectivity index (χ2v) is 10.7. The molecule has 0 spiro atoms. The van der Waals surface area contributed by atoms with Crippen LogP contribution in [0, 0.1) is 0 Å². The first-order chi connectivity index (χ1) is 12.5. The molecule has 4 nitrogen and oxygen atoms in total. The average molecular weight is 505 g/mol. The molecule has 0 aliphatic rings. The maximum Gasteiger partial charge on any atom is 2.00 e. The van der Waals surface area contributed by atoms with E-state index in [-0.39, 0.29) is 108 Å². The predicted octanol–water partition coefficient (Wildman–Crippen LogP) is -5.06. The molecule has 0 saturated carbocycles. The van der Waals surface area contributed by atoms with Gasteiger partial charge in [-0.15, -0.1) is 0 Å². The third-order valence-corrected chi connectivity index (χ3v) is 3.08. The summed E-state index contributed by atoms with van der Waals surface area (Å²) in [6, 6.07) is 6.00. The Morgan fingerprint density at radius 2 is 0.344 bits per heavy atom. The Morgan fingerprint density at radius 3 is 0.344 bits per heavy atom. The molecule has 0 amide bonds. The van der Waals surface area contributed by atoms with Crippen molar-refractivity contribution in [3.05, 3.63) is 0 Å². The molecule has 0 unspecified atom stereocenters. The number of nitrogens with two attached hydrogens (primary N) is 4. The van der Waals surface area contributed by atoms with Crippen molar-refractivity contribution in [2.75, 3.05) is 0 Å². The summed E-state index contributed by atoms with van der Waals surface area (Å²) in [6.45, 7) is 35.3. The minimum atomic E-state index is 0. The van der Waals surface area contributed by atoms with Crippen molar-refractivity contribution in [1.82, 2.24) is 0 Å². The molecule has 0 aliphatic heterocycles. The van der Waals surface area contributed by atoms with Gasteiger partial charge >= 0.3 is 105 Å². The van der Waals surface area contributed by atoms with Gasteiger partial charge in [0.15, 0.2) is 0 Å². The van der Waals surface area contributed by atoms with E-state index in [9.17, 15) is 0 Å². The Bertz CT molecular complexity index is 222. The zero-order valence-corrected chi connectivity index (χ0v) is 33.2. The average Bonchev–Trinajstić information content (AvgIpc) is 2.32. The van der Waals surface area contributed by atoms with Crippen molar-refractivity contribution in [2.24, 2.45) is 0 Å². The molecule has 0 bridgehead atoms. The molecular formula is C24H66Mg2N4Na2+8. The van der Waals surface area contributed by atoms with Gasteiger partial charge in [-0.3, -0.25) is 0 Å². The molecule has 0 rings (SSSR count). The molecule has 0 atom stereocenters. The molecule has 0 aromatic heterocycles. The molecule has 0 aromatic rings. The van der Waals surface area contributed by atoms with Gasteiger partial charge in [0.05, 0.1) is 48.3 Å². The Morgan fingerprint density at radius 1 is 0.281 bits per heavy atom. The molecule has 0 aromatic carbocycles. The fraction of sp³-hybridized carbons (Fsp3) is 1.00. The Kier molecular flexibility index (Phi) is 67.8. The van der Waals surface area contributed by atoms with E-state index in [0.29, 0.717) is 0 Å². The SMILES string of the molecule is CC(C)[NH2+]C(C)C.CC(C)[NH2+]C(C)C.CC(C)[NH2+]C(C)C.CC(C)[NH2+]C(C)C.[H-].[H-].[Mg+2].[Mg+2].[Na+].[Na+]. The maximum atomic E-state index is 2.33. The van der Waals surface area contributed by atoms with Gasteiger partial charge in [0.25, 0.3) is 0 Å². The fourth-order valence-electron chi connectivity index (χ4n) is 3.08. The van der Waals surface area contributed by atoms with Crippen molar-refractivity contribution < 1.29 is 83.2 Å². The van der Waals surface area contributed by atoms with Crippen LogP contribution in [0.3, 0.4) is 0 Å². The van der Waals surface area contributed by atoms with Gasteiger partial charge in [0.2, 0.25) is 0 Å². The van der Waals surface area contributed by atoms with E-state index in [2.05, 4.69) is 132 Å². The summed E-state index contributed by atoms with van der Waals surface area (Å²) >= 11 is 0. The van der Waals surface area contributed by atoms with Crippen molar-refractivity contribution >= 4 is 46.1 Å². The summed E-state index contributed by atoms with van der Waals surface area (Å²) in [5.74, 6) is 0. The largest absolute Gasteiger partial charge is 2.00 e. The molecule has 8 N–H and O–H groups in total. The zero-order valence-electron chi connectivity index (χ0n) is 28.3. The van der Waals surface area contributed by atoms with E-state index in [4.69, 9.17) is 0 Å². The minimum absolute atomic E-state index is 0. The standard InChI is InChI=1S/4C6H15N.2Mg.2Na.2H/c4*1-5(2)7-6(3)4;;;;;;/h4*5-7H,1-4H3;;;;;;/q;;;;2*+2;2*+1;2*-1/p+4.